The highest BCUT2D eigenvalue weighted by Crippen LogP contribution is 2.19. The Hall–Kier alpha value is -3.44. The van der Waals surface area contributed by atoms with Crippen molar-refractivity contribution in [3.05, 3.63) is 76.9 Å². The number of rotatable bonds is 8. The Balaban J connectivity index is 1.54. The van der Waals surface area contributed by atoms with Crippen molar-refractivity contribution >= 4 is 17.9 Å². The molecule has 0 heterocycles. The second-order valence-electron chi connectivity index (χ2n) is 8.78. The van der Waals surface area contributed by atoms with Crippen LogP contribution in [-0.4, -0.2) is 34.6 Å². The second-order valence-corrected chi connectivity index (χ2v) is 8.78. The van der Waals surface area contributed by atoms with E-state index in [0.29, 0.717) is 11.6 Å². The van der Waals surface area contributed by atoms with Gasteiger partial charge in [-0.1, -0.05) is 36.1 Å². The summed E-state index contributed by atoms with van der Waals surface area (Å²) in [4.78, 5) is 24.3. The van der Waals surface area contributed by atoms with Gasteiger partial charge in [-0.05, 0) is 74.2 Å². The Morgan fingerprint density at radius 1 is 1.15 bits per heavy atom. The van der Waals surface area contributed by atoms with Crippen LogP contribution in [-0.2, 0) is 11.3 Å². The maximum Gasteiger partial charge on any atom is 0.267 e. The van der Waals surface area contributed by atoms with E-state index in [0.717, 1.165) is 17.7 Å². The van der Waals surface area contributed by atoms with E-state index in [1.54, 1.807) is 44.2 Å². The molecule has 1 fully saturated rings. The Labute approximate surface area is 194 Å². The van der Waals surface area contributed by atoms with Crippen LogP contribution >= 0.6 is 0 Å². The number of carbonyl (C=O) groups excluding carboxylic acids is 2. The minimum absolute atomic E-state index is 0.370. The molecule has 172 valence electrons. The van der Waals surface area contributed by atoms with Crippen LogP contribution in [0.1, 0.15) is 53.7 Å². The molecule has 7 heteroatoms. The summed E-state index contributed by atoms with van der Waals surface area (Å²) < 4.78 is 0. The topological polar surface area (TPSA) is 116 Å². The Morgan fingerprint density at radius 3 is 2.39 bits per heavy atom. The van der Waals surface area contributed by atoms with Gasteiger partial charge in [0, 0.05) is 29.3 Å². The number of hydroxylamine groups is 1. The van der Waals surface area contributed by atoms with Crippen LogP contribution in [0, 0.1) is 11.8 Å². The molecule has 0 aromatic heterocycles. The summed E-state index contributed by atoms with van der Waals surface area (Å²) in [6.07, 6.45) is 6.17. The van der Waals surface area contributed by atoms with E-state index in [1.807, 2.05) is 18.2 Å². The number of benzene rings is 2. The van der Waals surface area contributed by atoms with Crippen LogP contribution in [0.3, 0.4) is 0 Å². The van der Waals surface area contributed by atoms with Gasteiger partial charge in [0.2, 0.25) is 0 Å². The maximum absolute atomic E-state index is 12.5. The number of amides is 2. The van der Waals surface area contributed by atoms with Crippen molar-refractivity contribution in [3.63, 3.8) is 0 Å². The smallest absolute Gasteiger partial charge is 0.267 e. The minimum Gasteiger partial charge on any atom is -0.338 e. The van der Waals surface area contributed by atoms with E-state index >= 15 is 0 Å². The van der Waals surface area contributed by atoms with Gasteiger partial charge < -0.3 is 16.4 Å². The SMILES string of the molecule is CC(C)(N)[C@H](NC(=O)c1ccc(/C=C/C#Cc2ccc(CNC3CC3)cc2)cc1)C(=O)NO. The van der Waals surface area contributed by atoms with Crippen molar-refractivity contribution in [1.29, 1.82) is 0 Å². The standard InChI is InChI=1S/C26H30N4O3/c1-26(2,27)23(25(32)30-33)29-24(31)21-13-11-19(12-14-21)6-4-3-5-18-7-9-20(10-8-18)17-28-22-15-16-22/h4,6-14,22-23,28,33H,15-17,27H2,1-2H3,(H,29,31)(H,30,32)/b6-4+/t23-/m1/s1. The lowest BCUT2D eigenvalue weighted by molar-refractivity contribution is -0.132. The number of hydrogen-bond acceptors (Lipinski definition) is 5. The van der Waals surface area contributed by atoms with Gasteiger partial charge in [0.1, 0.15) is 6.04 Å². The molecule has 7 nitrogen and oxygen atoms in total. The molecule has 0 spiro atoms. The second kappa shape index (κ2) is 10.9. The van der Waals surface area contributed by atoms with Gasteiger partial charge in [-0.3, -0.25) is 14.8 Å². The molecule has 1 saturated carbocycles. The number of nitrogens with one attached hydrogen (secondary N) is 3. The van der Waals surface area contributed by atoms with Crippen molar-refractivity contribution < 1.29 is 14.8 Å². The average molecular weight is 447 g/mol. The highest BCUT2D eigenvalue weighted by molar-refractivity contribution is 5.98. The van der Waals surface area contributed by atoms with Gasteiger partial charge in [0.25, 0.3) is 11.8 Å². The Morgan fingerprint density at radius 2 is 1.82 bits per heavy atom. The predicted octanol–water partition coefficient (Wildman–Crippen LogP) is 2.34. The lowest BCUT2D eigenvalue weighted by Crippen LogP contribution is -2.61. The van der Waals surface area contributed by atoms with Crippen LogP contribution in [0.4, 0.5) is 0 Å². The van der Waals surface area contributed by atoms with Crippen LogP contribution in [0.2, 0.25) is 0 Å². The van der Waals surface area contributed by atoms with Crippen molar-refractivity contribution in [2.75, 3.05) is 0 Å². The zero-order valence-electron chi connectivity index (χ0n) is 18.9. The monoisotopic (exact) mass is 446 g/mol. The largest absolute Gasteiger partial charge is 0.338 e. The lowest BCUT2D eigenvalue weighted by Gasteiger charge is -2.29. The van der Waals surface area contributed by atoms with E-state index in [2.05, 4.69) is 34.6 Å². The van der Waals surface area contributed by atoms with Gasteiger partial charge in [-0.25, -0.2) is 5.48 Å². The van der Waals surface area contributed by atoms with Gasteiger partial charge >= 0.3 is 0 Å². The normalized spacial score (nSPS) is 14.3. The van der Waals surface area contributed by atoms with Crippen LogP contribution < -0.4 is 21.8 Å². The quantitative estimate of drug-likeness (QED) is 0.242. The third-order valence-corrected chi connectivity index (χ3v) is 5.27. The summed E-state index contributed by atoms with van der Waals surface area (Å²) in [6, 6.07) is 14.7. The third-order valence-electron chi connectivity index (χ3n) is 5.27. The van der Waals surface area contributed by atoms with E-state index in [1.165, 1.54) is 23.9 Å². The summed E-state index contributed by atoms with van der Waals surface area (Å²) in [7, 11) is 0. The fourth-order valence-corrected chi connectivity index (χ4v) is 3.13. The lowest BCUT2D eigenvalue weighted by atomic mass is 9.95. The fourth-order valence-electron chi connectivity index (χ4n) is 3.13. The molecule has 33 heavy (non-hydrogen) atoms. The first-order chi connectivity index (χ1) is 15.8. The van der Waals surface area contributed by atoms with Crippen LogP contribution in [0.5, 0.6) is 0 Å². The first-order valence-corrected chi connectivity index (χ1v) is 10.9. The minimum atomic E-state index is -1.09. The van der Waals surface area contributed by atoms with Crippen LogP contribution in [0.25, 0.3) is 6.08 Å². The molecule has 0 bridgehead atoms. The molecule has 0 unspecified atom stereocenters. The predicted molar refractivity (Wildman–Crippen MR) is 128 cm³/mol. The molecule has 6 N–H and O–H groups in total. The molecule has 1 aliphatic rings. The molecular weight excluding hydrogens is 416 g/mol. The van der Waals surface area contributed by atoms with Gasteiger partial charge in [0.05, 0.1) is 0 Å². The summed E-state index contributed by atoms with van der Waals surface area (Å²) in [5.41, 5.74) is 9.87. The molecule has 2 amide bonds. The molecule has 2 aromatic carbocycles. The highest BCUT2D eigenvalue weighted by atomic mass is 16.5. The summed E-state index contributed by atoms with van der Waals surface area (Å²) in [5.74, 6) is 4.89. The third kappa shape index (κ3) is 7.58. The van der Waals surface area contributed by atoms with Gasteiger partial charge in [-0.15, -0.1) is 0 Å². The summed E-state index contributed by atoms with van der Waals surface area (Å²) >= 11 is 0. The highest BCUT2D eigenvalue weighted by Gasteiger charge is 2.33. The molecular formula is C26H30N4O3. The van der Waals surface area contributed by atoms with E-state index in [-0.39, 0.29) is 0 Å². The molecule has 0 saturated heterocycles. The number of allylic oxidation sites excluding steroid dienone is 1. The van der Waals surface area contributed by atoms with E-state index < -0.39 is 23.4 Å². The molecule has 0 aliphatic heterocycles. The Kier molecular flexibility index (Phi) is 8.01. The molecule has 2 aromatic rings. The fraction of sp³-hybridized carbons (Fsp3) is 0.308. The average Bonchev–Trinajstić information content (AvgIpc) is 3.63. The number of hydrogen-bond donors (Lipinski definition) is 5. The van der Waals surface area contributed by atoms with E-state index in [4.69, 9.17) is 10.9 Å². The first-order valence-electron chi connectivity index (χ1n) is 10.9. The summed E-state index contributed by atoms with van der Waals surface area (Å²) in [6.45, 7) is 4.07. The Bertz CT molecular complexity index is 1050. The summed E-state index contributed by atoms with van der Waals surface area (Å²) in [5, 5.41) is 14.9. The molecule has 0 radical (unpaired) electrons. The molecule has 3 rings (SSSR count). The van der Waals surface area contributed by atoms with Crippen molar-refractivity contribution in [3.8, 4) is 11.8 Å². The van der Waals surface area contributed by atoms with Crippen molar-refractivity contribution in [2.45, 2.75) is 50.9 Å². The zero-order chi connectivity index (χ0) is 23.8. The van der Waals surface area contributed by atoms with E-state index in [9.17, 15) is 9.59 Å². The van der Waals surface area contributed by atoms with Crippen molar-refractivity contribution in [2.24, 2.45) is 5.73 Å². The zero-order valence-corrected chi connectivity index (χ0v) is 18.9. The molecule has 1 aliphatic carbocycles. The maximum atomic E-state index is 12.5. The number of carbonyl (C=O) groups is 2. The van der Waals surface area contributed by atoms with Crippen LogP contribution in [0.15, 0.2) is 54.6 Å². The van der Waals surface area contributed by atoms with Gasteiger partial charge in [-0.2, -0.15) is 0 Å². The number of nitrogens with two attached hydrogens (primary N) is 1. The van der Waals surface area contributed by atoms with Crippen molar-refractivity contribution in [1.82, 2.24) is 16.1 Å². The first kappa shape index (κ1) is 24.2. The molecule has 1 atom stereocenters. The van der Waals surface area contributed by atoms with Gasteiger partial charge in [0.15, 0.2) is 0 Å².